The lowest BCUT2D eigenvalue weighted by Gasteiger charge is -1.96. The summed E-state index contributed by atoms with van der Waals surface area (Å²) in [5.74, 6) is 0.837. The summed E-state index contributed by atoms with van der Waals surface area (Å²) in [6, 6.07) is 10.0. The second kappa shape index (κ2) is 5.62. The van der Waals surface area contributed by atoms with Gasteiger partial charge in [-0.15, -0.1) is 11.3 Å². The Bertz CT molecular complexity index is 1240. The molecule has 3 heterocycles. The fourth-order valence-electron chi connectivity index (χ4n) is 2.72. The zero-order valence-corrected chi connectivity index (χ0v) is 15.8. The summed E-state index contributed by atoms with van der Waals surface area (Å²) < 4.78 is 8.68. The Morgan fingerprint density at radius 2 is 1.68 bits per heavy atom. The standard InChI is InChI=1S/C17H12N4OS3/c1-8-18-14-12(23-8)6-5-11-15(14)25-17(20-11)21-16-19-10-4-3-9(22-2)7-13(10)24-16/h3-7H,1-2H3,(H,19,20,21). The fourth-order valence-corrected chi connectivity index (χ4v) is 5.53. The van der Waals surface area contributed by atoms with Crippen LogP contribution in [0.4, 0.5) is 10.3 Å². The number of anilines is 2. The molecule has 0 bridgehead atoms. The number of fused-ring (bicyclic) bond motifs is 4. The molecule has 2 aromatic carbocycles. The van der Waals surface area contributed by atoms with Gasteiger partial charge in [-0.3, -0.25) is 0 Å². The molecule has 0 spiro atoms. The zero-order chi connectivity index (χ0) is 17.0. The Labute approximate surface area is 155 Å². The highest BCUT2D eigenvalue weighted by molar-refractivity contribution is 7.25. The van der Waals surface area contributed by atoms with Crippen molar-refractivity contribution in [2.75, 3.05) is 12.4 Å². The van der Waals surface area contributed by atoms with Crippen LogP contribution in [-0.2, 0) is 0 Å². The maximum absolute atomic E-state index is 5.27. The van der Waals surface area contributed by atoms with E-state index in [9.17, 15) is 0 Å². The van der Waals surface area contributed by atoms with Crippen molar-refractivity contribution in [1.82, 2.24) is 15.0 Å². The van der Waals surface area contributed by atoms with Crippen LogP contribution in [0.1, 0.15) is 5.01 Å². The van der Waals surface area contributed by atoms with E-state index in [-0.39, 0.29) is 0 Å². The third-order valence-electron chi connectivity index (χ3n) is 3.83. The molecular formula is C17H12N4OS3. The van der Waals surface area contributed by atoms with Crippen molar-refractivity contribution in [2.24, 2.45) is 0 Å². The first-order valence-corrected chi connectivity index (χ1v) is 10.0. The minimum atomic E-state index is 0.827. The van der Waals surface area contributed by atoms with Crippen LogP contribution in [0.25, 0.3) is 30.6 Å². The summed E-state index contributed by atoms with van der Waals surface area (Å²) in [7, 11) is 1.67. The van der Waals surface area contributed by atoms with Gasteiger partial charge in [0.2, 0.25) is 0 Å². The highest BCUT2D eigenvalue weighted by Gasteiger charge is 2.12. The summed E-state index contributed by atoms with van der Waals surface area (Å²) in [5.41, 5.74) is 2.96. The Morgan fingerprint density at radius 1 is 0.880 bits per heavy atom. The third-order valence-corrected chi connectivity index (χ3v) is 6.69. The summed E-state index contributed by atoms with van der Waals surface area (Å²) >= 11 is 4.92. The normalized spacial score (nSPS) is 11.6. The highest BCUT2D eigenvalue weighted by Crippen LogP contribution is 2.37. The van der Waals surface area contributed by atoms with Gasteiger partial charge in [0, 0.05) is 0 Å². The quantitative estimate of drug-likeness (QED) is 0.440. The third kappa shape index (κ3) is 2.53. The van der Waals surface area contributed by atoms with E-state index in [0.717, 1.165) is 47.0 Å². The first kappa shape index (κ1) is 15.0. The number of nitrogens with zero attached hydrogens (tertiary/aromatic N) is 3. The van der Waals surface area contributed by atoms with Gasteiger partial charge in [-0.2, -0.15) is 0 Å². The van der Waals surface area contributed by atoms with E-state index in [4.69, 9.17) is 4.74 Å². The number of methoxy groups -OCH3 is 1. The average Bonchev–Trinajstić information content (AvgIpc) is 3.28. The number of aryl methyl sites for hydroxylation is 1. The van der Waals surface area contributed by atoms with Crippen LogP contribution >= 0.6 is 34.0 Å². The molecular weight excluding hydrogens is 372 g/mol. The van der Waals surface area contributed by atoms with E-state index in [1.54, 1.807) is 41.1 Å². The number of thiazole rings is 3. The number of hydrogen-bond donors (Lipinski definition) is 1. The van der Waals surface area contributed by atoms with E-state index < -0.39 is 0 Å². The molecule has 0 aliphatic heterocycles. The lowest BCUT2D eigenvalue weighted by atomic mass is 10.3. The van der Waals surface area contributed by atoms with Crippen molar-refractivity contribution in [3.8, 4) is 5.75 Å². The number of aromatic nitrogens is 3. The van der Waals surface area contributed by atoms with Crippen molar-refractivity contribution in [3.63, 3.8) is 0 Å². The summed E-state index contributed by atoms with van der Waals surface area (Å²) in [6.07, 6.45) is 0. The minimum absolute atomic E-state index is 0.827. The molecule has 3 aromatic heterocycles. The molecule has 1 N–H and O–H groups in total. The molecule has 124 valence electrons. The first-order chi connectivity index (χ1) is 12.2. The number of nitrogens with one attached hydrogen (secondary N) is 1. The zero-order valence-electron chi connectivity index (χ0n) is 13.4. The van der Waals surface area contributed by atoms with Gasteiger partial charge in [0.25, 0.3) is 0 Å². The van der Waals surface area contributed by atoms with E-state index in [0.29, 0.717) is 0 Å². The fraction of sp³-hybridized carbons (Fsp3) is 0.118. The molecule has 0 saturated carbocycles. The van der Waals surface area contributed by atoms with Gasteiger partial charge < -0.3 is 10.1 Å². The van der Waals surface area contributed by atoms with Crippen molar-refractivity contribution in [1.29, 1.82) is 0 Å². The van der Waals surface area contributed by atoms with Gasteiger partial charge in [-0.25, -0.2) is 15.0 Å². The lowest BCUT2D eigenvalue weighted by Crippen LogP contribution is -1.87. The average molecular weight is 385 g/mol. The Kier molecular flexibility index (Phi) is 3.37. The van der Waals surface area contributed by atoms with Gasteiger partial charge in [0.1, 0.15) is 11.3 Å². The SMILES string of the molecule is COc1ccc2nc(Nc3nc4ccc5sc(C)nc5c4s3)sc2c1. The number of benzene rings is 2. The van der Waals surface area contributed by atoms with Crippen LogP contribution in [0.3, 0.4) is 0 Å². The van der Waals surface area contributed by atoms with Crippen molar-refractivity contribution < 1.29 is 4.74 Å². The van der Waals surface area contributed by atoms with E-state index >= 15 is 0 Å². The highest BCUT2D eigenvalue weighted by atomic mass is 32.1. The molecule has 0 saturated heterocycles. The number of hydrogen-bond acceptors (Lipinski definition) is 8. The molecule has 5 nitrogen and oxygen atoms in total. The number of ether oxygens (including phenoxy) is 1. The van der Waals surface area contributed by atoms with Gasteiger partial charge >= 0.3 is 0 Å². The minimum Gasteiger partial charge on any atom is -0.497 e. The van der Waals surface area contributed by atoms with Crippen molar-refractivity contribution >= 4 is 74.9 Å². The molecule has 5 aromatic rings. The molecule has 0 fully saturated rings. The molecule has 8 heteroatoms. The maximum atomic E-state index is 5.27. The smallest absolute Gasteiger partial charge is 0.190 e. The number of rotatable bonds is 3. The predicted octanol–water partition coefficient (Wildman–Crippen LogP) is 5.58. The summed E-state index contributed by atoms with van der Waals surface area (Å²) in [6.45, 7) is 2.03. The Balaban J connectivity index is 1.56. The molecule has 0 amide bonds. The van der Waals surface area contributed by atoms with Gasteiger partial charge in [0.15, 0.2) is 10.3 Å². The van der Waals surface area contributed by atoms with Crippen LogP contribution in [0, 0.1) is 6.92 Å². The second-order valence-electron chi connectivity index (χ2n) is 5.49. The Hall–Kier alpha value is -2.29. The van der Waals surface area contributed by atoms with Crippen LogP contribution in [0.2, 0.25) is 0 Å². The Morgan fingerprint density at radius 3 is 2.56 bits per heavy atom. The maximum Gasteiger partial charge on any atom is 0.190 e. The van der Waals surface area contributed by atoms with Crippen LogP contribution < -0.4 is 10.1 Å². The molecule has 0 aliphatic rings. The van der Waals surface area contributed by atoms with E-state index in [1.807, 2.05) is 25.1 Å². The van der Waals surface area contributed by atoms with Crippen LogP contribution in [0.15, 0.2) is 30.3 Å². The monoisotopic (exact) mass is 384 g/mol. The molecule has 0 aliphatic carbocycles. The summed E-state index contributed by atoms with van der Waals surface area (Å²) in [4.78, 5) is 14.0. The molecule has 0 unspecified atom stereocenters. The molecule has 5 rings (SSSR count). The second-order valence-corrected chi connectivity index (χ2v) is 8.75. The topological polar surface area (TPSA) is 59.9 Å². The van der Waals surface area contributed by atoms with Crippen molar-refractivity contribution in [2.45, 2.75) is 6.92 Å². The summed E-state index contributed by atoms with van der Waals surface area (Å²) in [5, 5.41) is 6.08. The van der Waals surface area contributed by atoms with Crippen molar-refractivity contribution in [3.05, 3.63) is 35.3 Å². The largest absolute Gasteiger partial charge is 0.497 e. The van der Waals surface area contributed by atoms with Gasteiger partial charge in [-0.1, -0.05) is 22.7 Å². The van der Waals surface area contributed by atoms with Crippen LogP contribution in [-0.4, -0.2) is 22.1 Å². The molecule has 0 radical (unpaired) electrons. The van der Waals surface area contributed by atoms with Crippen LogP contribution in [0.5, 0.6) is 5.75 Å². The lowest BCUT2D eigenvalue weighted by molar-refractivity contribution is 0.415. The van der Waals surface area contributed by atoms with E-state index in [2.05, 4.69) is 32.4 Å². The van der Waals surface area contributed by atoms with Gasteiger partial charge in [0.05, 0.1) is 37.3 Å². The molecule has 25 heavy (non-hydrogen) atoms. The predicted molar refractivity (Wildman–Crippen MR) is 107 cm³/mol. The van der Waals surface area contributed by atoms with E-state index in [1.165, 1.54) is 4.70 Å². The molecule has 0 atom stereocenters. The van der Waals surface area contributed by atoms with Gasteiger partial charge in [-0.05, 0) is 37.3 Å². The first-order valence-electron chi connectivity index (χ1n) is 7.58.